The Morgan fingerprint density at radius 2 is 2.00 bits per heavy atom. The first kappa shape index (κ1) is 12.0. The predicted molar refractivity (Wildman–Crippen MR) is 67.0 cm³/mol. The minimum Gasteiger partial charge on any atom is -0.327 e. The van der Waals surface area contributed by atoms with E-state index in [1.165, 1.54) is 16.7 Å². The van der Waals surface area contributed by atoms with Crippen molar-refractivity contribution >= 4 is 0 Å². The molecule has 0 aliphatic rings. The highest BCUT2D eigenvalue weighted by Gasteiger charge is 2.04. The van der Waals surface area contributed by atoms with E-state index in [0.717, 1.165) is 18.4 Å². The van der Waals surface area contributed by atoms with E-state index >= 15 is 0 Å². The van der Waals surface area contributed by atoms with Gasteiger partial charge in [0.1, 0.15) is 0 Å². The summed E-state index contributed by atoms with van der Waals surface area (Å²) in [6.07, 6.45) is 1.85. The fraction of sp³-hybridized carbons (Fsp3) is 0.429. The molecule has 1 nitrogen and oxygen atoms in total. The zero-order valence-corrected chi connectivity index (χ0v) is 10.0. The molecule has 2 N–H and O–H groups in total. The quantitative estimate of drug-likeness (QED) is 0.747. The van der Waals surface area contributed by atoms with E-state index < -0.39 is 0 Å². The van der Waals surface area contributed by atoms with E-state index in [1.807, 2.05) is 6.92 Å². The van der Waals surface area contributed by atoms with Crippen LogP contribution >= 0.6 is 0 Å². The number of hydrogen-bond acceptors (Lipinski definition) is 1. The molecular weight excluding hydrogens is 182 g/mol. The number of hydrogen-bond donors (Lipinski definition) is 1. The lowest BCUT2D eigenvalue weighted by Gasteiger charge is -2.12. The van der Waals surface area contributed by atoms with Crippen molar-refractivity contribution in [1.82, 2.24) is 0 Å². The number of aryl methyl sites for hydroxylation is 2. The molecule has 0 aromatic heterocycles. The molecule has 0 aliphatic carbocycles. The smallest absolute Gasteiger partial charge is 0.0116 e. The van der Waals surface area contributed by atoms with Gasteiger partial charge in [0.05, 0.1) is 0 Å². The Hall–Kier alpha value is -1.08. The lowest BCUT2D eigenvalue weighted by Crippen LogP contribution is -2.22. The van der Waals surface area contributed by atoms with E-state index in [9.17, 15) is 0 Å². The van der Waals surface area contributed by atoms with Gasteiger partial charge >= 0.3 is 0 Å². The molecule has 1 unspecified atom stereocenters. The van der Waals surface area contributed by atoms with Crippen LogP contribution in [0.25, 0.3) is 0 Å². The topological polar surface area (TPSA) is 26.0 Å². The summed E-state index contributed by atoms with van der Waals surface area (Å²) in [4.78, 5) is 0. The highest BCUT2D eigenvalue weighted by atomic mass is 14.6. The van der Waals surface area contributed by atoms with Crippen LogP contribution in [0.3, 0.4) is 0 Å². The third kappa shape index (κ3) is 3.88. The average molecular weight is 203 g/mol. The maximum absolute atomic E-state index is 6.03. The first-order chi connectivity index (χ1) is 6.99. The van der Waals surface area contributed by atoms with Gasteiger partial charge in [-0.1, -0.05) is 23.8 Å². The second-order valence-electron chi connectivity index (χ2n) is 4.54. The average Bonchev–Trinajstić information content (AvgIpc) is 2.10. The molecule has 1 aromatic carbocycles. The molecule has 1 rings (SSSR count). The Morgan fingerprint density at radius 1 is 1.33 bits per heavy atom. The normalized spacial score (nSPS) is 12.5. The van der Waals surface area contributed by atoms with Crippen molar-refractivity contribution in [3.63, 3.8) is 0 Å². The van der Waals surface area contributed by atoms with Crippen molar-refractivity contribution in [2.45, 2.75) is 39.7 Å². The molecule has 0 heterocycles. The van der Waals surface area contributed by atoms with Gasteiger partial charge in [0, 0.05) is 6.04 Å². The van der Waals surface area contributed by atoms with E-state index in [-0.39, 0.29) is 6.04 Å². The van der Waals surface area contributed by atoms with Crippen LogP contribution in [0.5, 0.6) is 0 Å². The molecule has 0 spiro atoms. The van der Waals surface area contributed by atoms with Gasteiger partial charge in [-0.2, -0.15) is 0 Å². The molecule has 1 heteroatoms. The van der Waals surface area contributed by atoms with Crippen molar-refractivity contribution in [1.29, 1.82) is 0 Å². The molecule has 0 bridgehead atoms. The van der Waals surface area contributed by atoms with Crippen molar-refractivity contribution in [2.75, 3.05) is 0 Å². The molecule has 1 atom stereocenters. The zero-order chi connectivity index (χ0) is 11.4. The zero-order valence-electron chi connectivity index (χ0n) is 10.0. The van der Waals surface area contributed by atoms with Gasteiger partial charge in [0.25, 0.3) is 0 Å². The summed E-state index contributed by atoms with van der Waals surface area (Å²) in [5, 5.41) is 0. The number of rotatable bonds is 4. The molecule has 0 aliphatic heterocycles. The van der Waals surface area contributed by atoms with Crippen LogP contribution in [-0.4, -0.2) is 6.04 Å². The molecular formula is C14H21N. The van der Waals surface area contributed by atoms with Gasteiger partial charge < -0.3 is 5.73 Å². The second-order valence-corrected chi connectivity index (χ2v) is 4.54. The predicted octanol–water partition coefficient (Wildman–Crippen LogP) is 3.14. The van der Waals surface area contributed by atoms with Gasteiger partial charge in [-0.15, -0.1) is 6.58 Å². The van der Waals surface area contributed by atoms with Crippen LogP contribution in [0, 0.1) is 13.8 Å². The van der Waals surface area contributed by atoms with Gasteiger partial charge in [-0.3, -0.25) is 0 Å². The fourth-order valence-electron chi connectivity index (χ4n) is 1.75. The van der Waals surface area contributed by atoms with E-state index in [4.69, 9.17) is 5.73 Å². The first-order valence-corrected chi connectivity index (χ1v) is 5.45. The lowest BCUT2D eigenvalue weighted by atomic mass is 9.98. The third-order valence-corrected chi connectivity index (χ3v) is 2.68. The summed E-state index contributed by atoms with van der Waals surface area (Å²) >= 11 is 0. The molecule has 0 fully saturated rings. The molecule has 82 valence electrons. The van der Waals surface area contributed by atoms with Crippen LogP contribution in [0.1, 0.15) is 30.0 Å². The first-order valence-electron chi connectivity index (χ1n) is 5.45. The minimum atomic E-state index is 0.199. The summed E-state index contributed by atoms with van der Waals surface area (Å²) < 4.78 is 0. The van der Waals surface area contributed by atoms with Gasteiger partial charge in [0.2, 0.25) is 0 Å². The van der Waals surface area contributed by atoms with Crippen LogP contribution in [0.4, 0.5) is 0 Å². The van der Waals surface area contributed by atoms with Gasteiger partial charge in [-0.25, -0.2) is 0 Å². The largest absolute Gasteiger partial charge is 0.327 e. The van der Waals surface area contributed by atoms with Crippen LogP contribution in [0.2, 0.25) is 0 Å². The van der Waals surface area contributed by atoms with Crippen molar-refractivity contribution in [2.24, 2.45) is 5.73 Å². The summed E-state index contributed by atoms with van der Waals surface area (Å²) in [7, 11) is 0. The van der Waals surface area contributed by atoms with Crippen LogP contribution in [-0.2, 0) is 6.42 Å². The maximum Gasteiger partial charge on any atom is 0.0116 e. The molecule has 15 heavy (non-hydrogen) atoms. The summed E-state index contributed by atoms with van der Waals surface area (Å²) in [5.74, 6) is 0. The number of benzene rings is 1. The molecule has 0 saturated carbocycles. The van der Waals surface area contributed by atoms with E-state index in [2.05, 4.69) is 38.6 Å². The Kier molecular flexibility index (Phi) is 4.10. The van der Waals surface area contributed by atoms with Gasteiger partial charge in [0.15, 0.2) is 0 Å². The SMILES string of the molecule is C=C(C)CC(N)Cc1ccc(C)c(C)c1. The fourth-order valence-corrected chi connectivity index (χ4v) is 1.75. The molecule has 0 radical (unpaired) electrons. The lowest BCUT2D eigenvalue weighted by molar-refractivity contribution is 0.661. The maximum atomic E-state index is 6.03. The molecule has 0 amide bonds. The standard InChI is InChI=1S/C14H21N/c1-10(2)7-14(15)9-13-6-5-11(3)12(4)8-13/h5-6,8,14H,1,7,9,15H2,2-4H3. The van der Waals surface area contributed by atoms with Crippen molar-refractivity contribution in [3.8, 4) is 0 Å². The minimum absolute atomic E-state index is 0.199. The van der Waals surface area contributed by atoms with Crippen molar-refractivity contribution in [3.05, 3.63) is 47.0 Å². The molecule has 1 aromatic rings. The monoisotopic (exact) mass is 203 g/mol. The van der Waals surface area contributed by atoms with Crippen LogP contribution in [0.15, 0.2) is 30.4 Å². The Bertz CT molecular complexity index is 352. The second kappa shape index (κ2) is 5.13. The third-order valence-electron chi connectivity index (χ3n) is 2.68. The Morgan fingerprint density at radius 3 is 2.53 bits per heavy atom. The summed E-state index contributed by atoms with van der Waals surface area (Å²) in [6, 6.07) is 6.76. The molecule has 0 saturated heterocycles. The van der Waals surface area contributed by atoms with E-state index in [0.29, 0.717) is 0 Å². The summed E-state index contributed by atoms with van der Waals surface area (Å²) in [6.45, 7) is 10.2. The van der Waals surface area contributed by atoms with Crippen LogP contribution < -0.4 is 5.73 Å². The van der Waals surface area contributed by atoms with Crippen molar-refractivity contribution < 1.29 is 0 Å². The van der Waals surface area contributed by atoms with Gasteiger partial charge in [-0.05, 0) is 50.3 Å². The summed E-state index contributed by atoms with van der Waals surface area (Å²) in [5.41, 5.74) is 11.2. The van der Waals surface area contributed by atoms with E-state index in [1.54, 1.807) is 0 Å². The highest BCUT2D eigenvalue weighted by molar-refractivity contribution is 5.30. The Balaban J connectivity index is 2.64. The highest BCUT2D eigenvalue weighted by Crippen LogP contribution is 2.13. The Labute approximate surface area is 93.0 Å². The number of nitrogens with two attached hydrogens (primary N) is 1.